The summed E-state index contributed by atoms with van der Waals surface area (Å²) in [5.41, 5.74) is 4.07. The first-order chi connectivity index (χ1) is 13.2. The molecule has 1 heterocycles. The molecule has 0 atom stereocenters. The summed E-state index contributed by atoms with van der Waals surface area (Å²) >= 11 is 0. The Morgan fingerprint density at radius 2 is 1.63 bits per heavy atom. The monoisotopic (exact) mass is 359 g/mol. The van der Waals surface area contributed by atoms with Crippen molar-refractivity contribution in [1.29, 1.82) is 0 Å². The molecule has 0 saturated carbocycles. The van der Waals surface area contributed by atoms with Gasteiger partial charge in [0.2, 0.25) is 5.69 Å². The van der Waals surface area contributed by atoms with Crippen molar-refractivity contribution >= 4 is 11.6 Å². The molecule has 3 N–H and O–H groups in total. The number of anilines is 1. The minimum Gasteiger partial charge on any atom is -0.322 e. The normalized spacial score (nSPS) is 10.6. The molecule has 6 heteroatoms. The molecular weight excluding hydrogens is 343 g/mol. The van der Waals surface area contributed by atoms with Crippen LogP contribution in [0.4, 0.5) is 10.1 Å². The van der Waals surface area contributed by atoms with E-state index in [2.05, 4.69) is 20.7 Å². The molecule has 0 bridgehead atoms. The lowest BCUT2D eigenvalue weighted by atomic mass is 9.99. The maximum Gasteiger partial charge on any atom is 0.257 e. The first kappa shape index (κ1) is 16.7. The Morgan fingerprint density at radius 3 is 2.41 bits per heavy atom. The number of carbonyl (C=O) groups is 1. The fourth-order valence-corrected chi connectivity index (χ4v) is 2.88. The fraction of sp³-hybridized carbons (Fsp3) is 0. The van der Waals surface area contributed by atoms with Crippen LogP contribution < -0.4 is 10.4 Å². The van der Waals surface area contributed by atoms with Gasteiger partial charge in [0.05, 0.1) is 5.56 Å². The van der Waals surface area contributed by atoms with E-state index in [0.29, 0.717) is 22.5 Å². The molecule has 1 aromatic heterocycles. The standard InChI is InChI=1S/C21H15FN4O/c22-15-10-12-16(13-11-15)23-21(27)18-9-5-4-8-17(18)20-19(24-26-25-20)14-6-2-1-3-7-14/h1-13H,(H,23,27)(H,24,25,26)/p+1. The molecule has 0 aliphatic rings. The predicted molar refractivity (Wildman–Crippen MR) is 100 cm³/mol. The average Bonchev–Trinajstić information content (AvgIpc) is 3.20. The first-order valence-electron chi connectivity index (χ1n) is 8.40. The Labute approximate surface area is 154 Å². The summed E-state index contributed by atoms with van der Waals surface area (Å²) in [6.45, 7) is 0. The van der Waals surface area contributed by atoms with Gasteiger partial charge < -0.3 is 5.32 Å². The molecule has 1 amide bonds. The van der Waals surface area contributed by atoms with Crippen LogP contribution in [0.15, 0.2) is 78.9 Å². The Bertz CT molecular complexity index is 1070. The molecular formula is C21H16FN4O+. The molecule has 5 nitrogen and oxygen atoms in total. The number of nitrogens with zero attached hydrogens (tertiary/aromatic N) is 1. The molecule has 0 aliphatic carbocycles. The number of amides is 1. The lowest BCUT2D eigenvalue weighted by Gasteiger charge is -2.08. The minimum atomic E-state index is -0.354. The number of hydrogen-bond acceptors (Lipinski definition) is 2. The van der Waals surface area contributed by atoms with Gasteiger partial charge in [0.15, 0.2) is 0 Å². The summed E-state index contributed by atoms with van der Waals surface area (Å²) in [6, 6.07) is 22.6. The van der Waals surface area contributed by atoms with Gasteiger partial charge >= 0.3 is 0 Å². The highest BCUT2D eigenvalue weighted by molar-refractivity contribution is 6.09. The maximum atomic E-state index is 13.1. The van der Waals surface area contributed by atoms with E-state index in [1.54, 1.807) is 12.1 Å². The van der Waals surface area contributed by atoms with Crippen LogP contribution in [-0.4, -0.2) is 16.2 Å². The van der Waals surface area contributed by atoms with Crippen molar-refractivity contribution < 1.29 is 14.3 Å². The summed E-state index contributed by atoms with van der Waals surface area (Å²) in [7, 11) is 0. The van der Waals surface area contributed by atoms with Crippen molar-refractivity contribution in [2.45, 2.75) is 0 Å². The van der Waals surface area contributed by atoms with Crippen molar-refractivity contribution in [3.63, 3.8) is 0 Å². The molecule has 4 aromatic rings. The number of aromatic nitrogens is 3. The first-order valence-corrected chi connectivity index (χ1v) is 8.40. The molecule has 0 unspecified atom stereocenters. The quantitative estimate of drug-likeness (QED) is 0.579. The zero-order valence-electron chi connectivity index (χ0n) is 14.2. The summed E-state index contributed by atoms with van der Waals surface area (Å²) in [5, 5.41) is 12.9. The average molecular weight is 359 g/mol. The SMILES string of the molecule is O=C(Nc1ccc(F)cc1)c1ccccc1-c1n[nH][nH+]c1-c1ccccc1. The van der Waals surface area contributed by atoms with E-state index in [1.807, 2.05) is 42.5 Å². The second-order valence-corrected chi connectivity index (χ2v) is 5.94. The smallest absolute Gasteiger partial charge is 0.257 e. The van der Waals surface area contributed by atoms with Crippen molar-refractivity contribution in [2.75, 3.05) is 5.32 Å². The van der Waals surface area contributed by atoms with Crippen molar-refractivity contribution in [3.8, 4) is 22.5 Å². The van der Waals surface area contributed by atoms with Gasteiger partial charge in [-0.3, -0.25) is 4.79 Å². The van der Waals surface area contributed by atoms with Crippen LogP contribution in [-0.2, 0) is 0 Å². The summed E-state index contributed by atoms with van der Waals surface area (Å²) in [4.78, 5) is 12.8. The lowest BCUT2D eigenvalue weighted by molar-refractivity contribution is -0.443. The molecule has 0 aliphatic heterocycles. The second kappa shape index (κ2) is 7.21. The van der Waals surface area contributed by atoms with Gasteiger partial charge in [-0.1, -0.05) is 47.7 Å². The third-order valence-electron chi connectivity index (χ3n) is 4.18. The number of nitrogens with one attached hydrogen (secondary N) is 3. The highest BCUT2D eigenvalue weighted by Gasteiger charge is 2.24. The molecule has 0 spiro atoms. The fourth-order valence-electron chi connectivity index (χ4n) is 2.88. The largest absolute Gasteiger partial charge is 0.322 e. The molecule has 3 aromatic carbocycles. The summed E-state index contributed by atoms with van der Waals surface area (Å²) in [6.07, 6.45) is 0. The van der Waals surface area contributed by atoms with Gasteiger partial charge in [-0.2, -0.15) is 5.10 Å². The third kappa shape index (κ3) is 3.46. The number of benzene rings is 3. The number of H-pyrrole nitrogens is 2. The van der Waals surface area contributed by atoms with E-state index in [0.717, 1.165) is 11.3 Å². The van der Waals surface area contributed by atoms with Gasteiger partial charge in [0, 0.05) is 21.9 Å². The number of rotatable bonds is 4. The van der Waals surface area contributed by atoms with Gasteiger partial charge in [-0.15, -0.1) is 0 Å². The molecule has 0 radical (unpaired) electrons. The van der Waals surface area contributed by atoms with Crippen molar-refractivity contribution in [2.24, 2.45) is 0 Å². The van der Waals surface area contributed by atoms with Crippen LogP contribution in [0.3, 0.4) is 0 Å². The second-order valence-electron chi connectivity index (χ2n) is 5.94. The Morgan fingerprint density at radius 1 is 0.926 bits per heavy atom. The number of halogens is 1. The van der Waals surface area contributed by atoms with Gasteiger partial charge in [-0.25, -0.2) is 4.39 Å². The third-order valence-corrected chi connectivity index (χ3v) is 4.18. The van der Waals surface area contributed by atoms with E-state index < -0.39 is 0 Å². The summed E-state index contributed by atoms with van der Waals surface area (Å²) in [5.74, 6) is -0.646. The Balaban J connectivity index is 1.71. The van der Waals surface area contributed by atoms with Crippen LogP contribution in [0.5, 0.6) is 0 Å². The summed E-state index contributed by atoms with van der Waals surface area (Å²) < 4.78 is 13.1. The number of hydrogen-bond donors (Lipinski definition) is 2. The topological polar surface area (TPSA) is 71.9 Å². The zero-order chi connectivity index (χ0) is 18.6. The number of aromatic amines is 2. The molecule has 27 heavy (non-hydrogen) atoms. The van der Waals surface area contributed by atoms with Gasteiger partial charge in [-0.05, 0) is 36.4 Å². The van der Waals surface area contributed by atoms with Crippen LogP contribution in [0.1, 0.15) is 10.4 Å². The zero-order valence-corrected chi connectivity index (χ0v) is 14.2. The highest BCUT2D eigenvalue weighted by atomic mass is 19.1. The highest BCUT2D eigenvalue weighted by Crippen LogP contribution is 2.29. The molecule has 0 fully saturated rings. The van der Waals surface area contributed by atoms with Gasteiger partial charge in [0.1, 0.15) is 5.82 Å². The van der Waals surface area contributed by atoms with Crippen molar-refractivity contribution in [1.82, 2.24) is 10.3 Å². The van der Waals surface area contributed by atoms with E-state index in [1.165, 1.54) is 24.3 Å². The van der Waals surface area contributed by atoms with E-state index in [4.69, 9.17) is 0 Å². The molecule has 4 rings (SSSR count). The Kier molecular flexibility index (Phi) is 4.45. The maximum absolute atomic E-state index is 13.1. The van der Waals surface area contributed by atoms with E-state index >= 15 is 0 Å². The number of carbonyl (C=O) groups excluding carboxylic acids is 1. The Hall–Kier alpha value is -3.80. The van der Waals surface area contributed by atoms with Crippen LogP contribution in [0.2, 0.25) is 0 Å². The molecule has 0 saturated heterocycles. The van der Waals surface area contributed by atoms with E-state index in [-0.39, 0.29) is 11.7 Å². The lowest BCUT2D eigenvalue weighted by Crippen LogP contribution is -2.13. The van der Waals surface area contributed by atoms with Crippen molar-refractivity contribution in [3.05, 3.63) is 90.2 Å². The van der Waals surface area contributed by atoms with E-state index in [9.17, 15) is 9.18 Å². The predicted octanol–water partition coefficient (Wildman–Crippen LogP) is 3.95. The molecule has 132 valence electrons. The van der Waals surface area contributed by atoms with Crippen LogP contribution >= 0.6 is 0 Å². The minimum absolute atomic E-state index is 0.292. The van der Waals surface area contributed by atoms with Crippen LogP contribution in [0.25, 0.3) is 22.5 Å². The van der Waals surface area contributed by atoms with Gasteiger partial charge in [0.25, 0.3) is 11.6 Å². The van der Waals surface area contributed by atoms with Crippen LogP contribution in [0, 0.1) is 5.82 Å².